The Bertz CT molecular complexity index is 905. The van der Waals surface area contributed by atoms with E-state index in [1.165, 1.54) is 0 Å². The Morgan fingerprint density at radius 2 is 1.93 bits per heavy atom. The van der Waals surface area contributed by atoms with Crippen LogP contribution in [-0.2, 0) is 6.61 Å². The molecule has 148 valence electrons. The molecule has 2 aliphatic carbocycles. The minimum atomic E-state index is -1.52. The molecule has 28 heavy (non-hydrogen) atoms. The Labute approximate surface area is 164 Å². The largest absolute Gasteiger partial charge is 0.470 e. The second-order valence-corrected chi connectivity index (χ2v) is 8.12. The summed E-state index contributed by atoms with van der Waals surface area (Å²) in [4.78, 5) is 15.5. The van der Waals surface area contributed by atoms with Gasteiger partial charge in [0.2, 0.25) is 5.78 Å². The van der Waals surface area contributed by atoms with E-state index >= 15 is 0 Å². The molecule has 0 bridgehead atoms. The molecule has 6 nitrogen and oxygen atoms in total. The summed E-state index contributed by atoms with van der Waals surface area (Å²) in [6, 6.07) is 9.39. The van der Waals surface area contributed by atoms with Crippen molar-refractivity contribution >= 4 is 5.78 Å². The molecule has 0 saturated carbocycles. The highest BCUT2D eigenvalue weighted by atomic mass is 16.5. The highest BCUT2D eigenvalue weighted by Crippen LogP contribution is 2.53. The summed E-state index contributed by atoms with van der Waals surface area (Å²) in [6.45, 7) is 4.17. The SMILES string of the molecule is C[C@@H]1C=C[C@H](C)[C@H]2[C@H](N(C)C)c3onc(OCc4ccccc4)c3C(=O)[C@]21O. The average Bonchev–Trinajstić information content (AvgIpc) is 3.09. The number of nitrogens with zero attached hydrogens (tertiary/aromatic N) is 2. The zero-order chi connectivity index (χ0) is 20.1. The molecule has 6 heteroatoms. The van der Waals surface area contributed by atoms with Crippen LogP contribution in [0.3, 0.4) is 0 Å². The van der Waals surface area contributed by atoms with Gasteiger partial charge in [-0.25, -0.2) is 0 Å². The number of Topliss-reactive ketones (excluding diaryl/α,β-unsaturated/α-hetero) is 1. The zero-order valence-electron chi connectivity index (χ0n) is 16.6. The van der Waals surface area contributed by atoms with Crippen molar-refractivity contribution in [1.29, 1.82) is 0 Å². The van der Waals surface area contributed by atoms with Gasteiger partial charge in [0.15, 0.2) is 5.76 Å². The van der Waals surface area contributed by atoms with Gasteiger partial charge in [0, 0.05) is 11.8 Å². The summed E-state index contributed by atoms with van der Waals surface area (Å²) >= 11 is 0. The highest BCUT2D eigenvalue weighted by molar-refractivity contribution is 6.07. The number of fused-ring (bicyclic) bond motifs is 2. The Morgan fingerprint density at radius 1 is 1.21 bits per heavy atom. The lowest BCUT2D eigenvalue weighted by atomic mass is 9.58. The number of ether oxygens (including phenoxy) is 1. The molecule has 0 aliphatic heterocycles. The van der Waals surface area contributed by atoms with Crippen LogP contribution in [0.1, 0.15) is 41.6 Å². The van der Waals surface area contributed by atoms with Crippen molar-refractivity contribution in [2.75, 3.05) is 14.1 Å². The van der Waals surface area contributed by atoms with E-state index in [1.54, 1.807) is 0 Å². The van der Waals surface area contributed by atoms with E-state index in [0.29, 0.717) is 5.76 Å². The fourth-order valence-electron chi connectivity index (χ4n) is 4.64. The number of benzene rings is 1. The molecule has 1 aromatic carbocycles. The van der Waals surface area contributed by atoms with Gasteiger partial charge >= 0.3 is 0 Å². The topological polar surface area (TPSA) is 75.8 Å². The van der Waals surface area contributed by atoms with Crippen molar-refractivity contribution in [3.8, 4) is 5.88 Å². The number of carbonyl (C=O) groups is 1. The first-order valence-electron chi connectivity index (χ1n) is 9.64. The van der Waals surface area contributed by atoms with E-state index in [4.69, 9.17) is 9.26 Å². The maximum atomic E-state index is 13.5. The molecule has 2 aromatic rings. The Balaban J connectivity index is 1.77. The van der Waals surface area contributed by atoms with Crippen molar-refractivity contribution in [1.82, 2.24) is 10.1 Å². The number of hydrogen-bond acceptors (Lipinski definition) is 6. The molecule has 5 atom stereocenters. The van der Waals surface area contributed by atoms with Crippen LogP contribution in [0.5, 0.6) is 5.88 Å². The van der Waals surface area contributed by atoms with E-state index in [2.05, 4.69) is 11.2 Å². The summed E-state index contributed by atoms with van der Waals surface area (Å²) in [6.07, 6.45) is 4.00. The molecule has 1 aromatic heterocycles. The summed E-state index contributed by atoms with van der Waals surface area (Å²) in [5, 5.41) is 15.7. The first kappa shape index (κ1) is 18.9. The van der Waals surface area contributed by atoms with Crippen LogP contribution in [0, 0.1) is 17.8 Å². The summed E-state index contributed by atoms with van der Waals surface area (Å²) in [7, 11) is 3.85. The molecule has 0 spiro atoms. The number of rotatable bonds is 4. The van der Waals surface area contributed by atoms with Crippen molar-refractivity contribution in [3.63, 3.8) is 0 Å². The standard InChI is InChI=1S/C22H26N2O4/c1-13-10-11-14(2)22(26)17(13)18(24(3)4)19-16(20(22)25)21(23-28-19)27-12-15-8-6-5-7-9-15/h5-11,13-14,17-18,26H,12H2,1-4H3/t13-,14+,17-,18-,22+/m0/s1. The molecule has 0 fully saturated rings. The van der Waals surface area contributed by atoms with E-state index < -0.39 is 5.60 Å². The lowest BCUT2D eigenvalue weighted by molar-refractivity contribution is -0.0789. The van der Waals surface area contributed by atoms with E-state index in [0.717, 1.165) is 5.56 Å². The van der Waals surface area contributed by atoms with Gasteiger partial charge in [-0.2, -0.15) is 0 Å². The fraction of sp³-hybridized carbons (Fsp3) is 0.455. The van der Waals surface area contributed by atoms with Gasteiger partial charge < -0.3 is 14.4 Å². The van der Waals surface area contributed by atoms with E-state index in [1.807, 2.05) is 69.3 Å². The first-order chi connectivity index (χ1) is 13.4. The molecule has 0 saturated heterocycles. The predicted octanol–water partition coefficient (Wildman–Crippen LogP) is 3.24. The van der Waals surface area contributed by atoms with Crippen LogP contribution in [0.15, 0.2) is 47.0 Å². The number of aromatic nitrogens is 1. The Morgan fingerprint density at radius 3 is 2.61 bits per heavy atom. The molecular formula is C22H26N2O4. The zero-order valence-corrected chi connectivity index (χ0v) is 16.6. The van der Waals surface area contributed by atoms with Crippen LogP contribution in [-0.4, -0.2) is 40.6 Å². The second kappa shape index (κ2) is 6.87. The molecule has 0 radical (unpaired) electrons. The van der Waals surface area contributed by atoms with Crippen molar-refractivity contribution in [2.45, 2.75) is 32.1 Å². The van der Waals surface area contributed by atoms with Crippen molar-refractivity contribution in [3.05, 3.63) is 59.4 Å². The molecule has 2 aliphatic rings. The Hall–Kier alpha value is -2.44. The van der Waals surface area contributed by atoms with Crippen LogP contribution in [0.25, 0.3) is 0 Å². The van der Waals surface area contributed by atoms with Crippen molar-refractivity contribution < 1.29 is 19.2 Å². The summed E-state index contributed by atoms with van der Waals surface area (Å²) in [5.74, 6) is -0.353. The third-order valence-electron chi connectivity index (χ3n) is 6.13. The lowest BCUT2D eigenvalue weighted by Gasteiger charge is -2.50. The molecule has 0 amide bonds. The van der Waals surface area contributed by atoms with E-state index in [9.17, 15) is 9.90 Å². The molecule has 0 unspecified atom stereocenters. The van der Waals surface area contributed by atoms with Gasteiger partial charge in [0.25, 0.3) is 5.88 Å². The van der Waals surface area contributed by atoms with Gasteiger partial charge in [0.1, 0.15) is 17.8 Å². The minimum Gasteiger partial charge on any atom is -0.470 e. The average molecular weight is 382 g/mol. The fourth-order valence-corrected chi connectivity index (χ4v) is 4.64. The minimum absolute atomic E-state index is 0.0180. The normalized spacial score (nSPS) is 31.6. The van der Waals surface area contributed by atoms with Gasteiger partial charge in [-0.1, -0.05) is 56.3 Å². The van der Waals surface area contributed by atoms with Gasteiger partial charge in [-0.15, -0.1) is 0 Å². The third kappa shape index (κ3) is 2.71. The lowest BCUT2D eigenvalue weighted by Crippen LogP contribution is -2.60. The molecule has 4 rings (SSSR count). The van der Waals surface area contributed by atoms with Crippen LogP contribution in [0.4, 0.5) is 0 Å². The highest BCUT2D eigenvalue weighted by Gasteiger charge is 2.61. The van der Waals surface area contributed by atoms with Crippen LogP contribution in [0.2, 0.25) is 0 Å². The maximum absolute atomic E-state index is 13.5. The number of allylic oxidation sites excluding steroid dienone is 1. The second-order valence-electron chi connectivity index (χ2n) is 8.12. The maximum Gasteiger partial charge on any atom is 0.265 e. The first-order valence-corrected chi connectivity index (χ1v) is 9.64. The summed E-state index contributed by atoms with van der Waals surface area (Å²) in [5.41, 5.74) is -0.291. The molecular weight excluding hydrogens is 356 g/mol. The summed E-state index contributed by atoms with van der Waals surface area (Å²) < 4.78 is 11.5. The smallest absolute Gasteiger partial charge is 0.265 e. The third-order valence-corrected chi connectivity index (χ3v) is 6.13. The molecule has 1 N–H and O–H groups in total. The number of carbonyl (C=O) groups excluding carboxylic acids is 1. The number of aliphatic hydroxyl groups is 1. The van der Waals surface area contributed by atoms with Gasteiger partial charge in [-0.3, -0.25) is 9.69 Å². The van der Waals surface area contributed by atoms with Crippen LogP contribution >= 0.6 is 0 Å². The monoisotopic (exact) mass is 382 g/mol. The van der Waals surface area contributed by atoms with Crippen molar-refractivity contribution in [2.24, 2.45) is 17.8 Å². The number of hydrogen-bond donors (Lipinski definition) is 1. The van der Waals surface area contributed by atoms with Gasteiger partial charge in [0.05, 0.1) is 6.04 Å². The van der Waals surface area contributed by atoms with Gasteiger partial charge in [-0.05, 0) is 30.7 Å². The van der Waals surface area contributed by atoms with E-state index in [-0.39, 0.29) is 47.6 Å². The predicted molar refractivity (Wildman–Crippen MR) is 104 cm³/mol. The van der Waals surface area contributed by atoms with Crippen LogP contribution < -0.4 is 4.74 Å². The number of ketones is 1. The molecule has 1 heterocycles. The quantitative estimate of drug-likeness (QED) is 0.818. The Kier molecular flexibility index (Phi) is 4.63.